The van der Waals surface area contributed by atoms with E-state index in [0.717, 1.165) is 35.4 Å². The van der Waals surface area contributed by atoms with Crippen molar-refractivity contribution >= 4 is 17.5 Å². The van der Waals surface area contributed by atoms with Gasteiger partial charge in [-0.3, -0.25) is 9.59 Å². The first-order valence-corrected chi connectivity index (χ1v) is 10.9. The van der Waals surface area contributed by atoms with E-state index in [-0.39, 0.29) is 12.3 Å². The summed E-state index contributed by atoms with van der Waals surface area (Å²) in [4.78, 5) is 29.9. The van der Waals surface area contributed by atoms with Gasteiger partial charge in [0, 0.05) is 19.0 Å². The highest BCUT2D eigenvalue weighted by Gasteiger charge is 2.33. The Kier molecular flexibility index (Phi) is 8.45. The number of rotatable bonds is 10. The number of alkyl halides is 3. The number of para-hydroxylation sites is 1. The number of anilines is 1. The van der Waals surface area contributed by atoms with Crippen molar-refractivity contribution in [2.75, 3.05) is 25.5 Å². The summed E-state index contributed by atoms with van der Waals surface area (Å²) in [6.45, 7) is 1.28. The molecule has 1 aromatic heterocycles. The molecule has 0 spiro atoms. The summed E-state index contributed by atoms with van der Waals surface area (Å²) in [5.74, 6) is 0.152. The van der Waals surface area contributed by atoms with Gasteiger partial charge in [0.15, 0.2) is 6.61 Å². The fourth-order valence-corrected chi connectivity index (χ4v) is 3.09. The Hall–Kier alpha value is -3.89. The molecule has 8 nitrogen and oxygen atoms in total. The second kappa shape index (κ2) is 11.5. The topological polar surface area (TPSA) is 97.6 Å². The van der Waals surface area contributed by atoms with Gasteiger partial charge >= 0.3 is 6.18 Å². The zero-order chi connectivity index (χ0) is 25.4. The number of benzene rings is 2. The molecule has 0 radical (unpaired) electrons. The highest BCUT2D eigenvalue weighted by atomic mass is 19.4. The molecule has 35 heavy (non-hydrogen) atoms. The van der Waals surface area contributed by atoms with Gasteiger partial charge in [-0.2, -0.15) is 18.2 Å². The zero-order valence-corrected chi connectivity index (χ0v) is 19.3. The SMILES string of the molecule is CCCCc1nc(-c2ccc(OCC(=O)N(C)CC(=O)Nc3ccccc3C(F)(F)F)cc2)no1. The molecule has 2 aromatic carbocycles. The van der Waals surface area contributed by atoms with Crippen LogP contribution in [0.15, 0.2) is 53.1 Å². The molecule has 3 aromatic rings. The monoisotopic (exact) mass is 490 g/mol. The Morgan fingerprint density at radius 1 is 1.11 bits per heavy atom. The lowest BCUT2D eigenvalue weighted by Crippen LogP contribution is -2.37. The molecule has 0 saturated heterocycles. The predicted octanol–water partition coefficient (Wildman–Crippen LogP) is 4.57. The van der Waals surface area contributed by atoms with Crippen LogP contribution in [0.3, 0.4) is 0 Å². The second-order valence-corrected chi connectivity index (χ2v) is 7.77. The van der Waals surface area contributed by atoms with E-state index in [4.69, 9.17) is 9.26 Å². The summed E-state index contributed by atoms with van der Waals surface area (Å²) in [6, 6.07) is 11.4. The number of unbranched alkanes of at least 4 members (excludes halogenated alkanes) is 1. The maximum Gasteiger partial charge on any atom is 0.418 e. The normalized spacial score (nSPS) is 11.2. The van der Waals surface area contributed by atoms with E-state index in [9.17, 15) is 22.8 Å². The number of amides is 2. The van der Waals surface area contributed by atoms with Crippen molar-refractivity contribution in [3.05, 3.63) is 60.0 Å². The molecule has 186 valence electrons. The zero-order valence-electron chi connectivity index (χ0n) is 19.3. The summed E-state index contributed by atoms with van der Waals surface area (Å²) in [6.07, 6.45) is -1.92. The van der Waals surface area contributed by atoms with Gasteiger partial charge in [-0.1, -0.05) is 30.6 Å². The molecule has 0 unspecified atom stereocenters. The molecule has 0 fully saturated rings. The summed E-state index contributed by atoms with van der Waals surface area (Å²) < 4.78 is 49.9. The molecule has 0 aliphatic carbocycles. The molecular formula is C24H25F3N4O4. The number of ether oxygens (including phenoxy) is 1. The average molecular weight is 490 g/mol. The van der Waals surface area contributed by atoms with Gasteiger partial charge < -0.3 is 19.5 Å². The van der Waals surface area contributed by atoms with Gasteiger partial charge in [-0.25, -0.2) is 0 Å². The van der Waals surface area contributed by atoms with Crippen molar-refractivity contribution in [1.82, 2.24) is 15.0 Å². The molecule has 2 amide bonds. The summed E-state index contributed by atoms with van der Waals surface area (Å²) in [5.41, 5.74) is -0.614. The van der Waals surface area contributed by atoms with Crippen LogP contribution in [0, 0.1) is 0 Å². The first-order valence-electron chi connectivity index (χ1n) is 10.9. The Morgan fingerprint density at radius 3 is 2.51 bits per heavy atom. The van der Waals surface area contributed by atoms with E-state index in [1.807, 2.05) is 0 Å². The molecule has 0 atom stereocenters. The van der Waals surface area contributed by atoms with E-state index in [1.54, 1.807) is 24.3 Å². The maximum atomic E-state index is 13.1. The molecule has 0 aliphatic heterocycles. The minimum absolute atomic E-state index is 0.356. The minimum atomic E-state index is -4.62. The van der Waals surface area contributed by atoms with Gasteiger partial charge in [-0.15, -0.1) is 0 Å². The number of nitrogens with one attached hydrogen (secondary N) is 1. The highest BCUT2D eigenvalue weighted by Crippen LogP contribution is 2.34. The number of hydrogen-bond donors (Lipinski definition) is 1. The maximum absolute atomic E-state index is 13.1. The third-order valence-corrected chi connectivity index (χ3v) is 5.00. The highest BCUT2D eigenvalue weighted by molar-refractivity contribution is 5.95. The molecule has 0 bridgehead atoms. The van der Waals surface area contributed by atoms with Gasteiger partial charge in [0.05, 0.1) is 17.8 Å². The summed E-state index contributed by atoms with van der Waals surface area (Å²) in [5, 5.41) is 6.15. The molecule has 1 N–H and O–H groups in total. The van der Waals surface area contributed by atoms with Crippen molar-refractivity contribution in [3.8, 4) is 17.1 Å². The Balaban J connectivity index is 1.49. The molecule has 3 rings (SSSR count). The molecule has 0 saturated carbocycles. The molecule has 11 heteroatoms. The smallest absolute Gasteiger partial charge is 0.418 e. The number of halogens is 3. The van der Waals surface area contributed by atoms with Crippen LogP contribution < -0.4 is 10.1 Å². The number of aryl methyl sites for hydroxylation is 1. The van der Waals surface area contributed by atoms with Crippen LogP contribution >= 0.6 is 0 Å². The first kappa shape index (κ1) is 25.7. The van der Waals surface area contributed by atoms with Crippen LogP contribution in [0.4, 0.5) is 18.9 Å². The standard InChI is InChI=1S/C24H25F3N4O4/c1-3-4-9-21-29-23(30-35-21)16-10-12-17(13-11-16)34-15-22(33)31(2)14-20(32)28-19-8-6-5-7-18(19)24(25,26)27/h5-8,10-13H,3-4,9,14-15H2,1-2H3,(H,28,32). The number of hydrogen-bond acceptors (Lipinski definition) is 6. The van der Waals surface area contributed by atoms with E-state index in [1.165, 1.54) is 19.2 Å². The number of likely N-dealkylation sites (N-methyl/N-ethyl adjacent to an activating group) is 1. The average Bonchev–Trinajstić information content (AvgIpc) is 3.30. The molecule has 1 heterocycles. The van der Waals surface area contributed by atoms with Crippen LogP contribution in [-0.2, 0) is 22.2 Å². The van der Waals surface area contributed by atoms with Gasteiger partial charge in [0.2, 0.25) is 17.6 Å². The van der Waals surface area contributed by atoms with E-state index < -0.39 is 30.1 Å². The third kappa shape index (κ3) is 7.29. The van der Waals surface area contributed by atoms with E-state index >= 15 is 0 Å². The van der Waals surface area contributed by atoms with Crippen molar-refractivity contribution in [3.63, 3.8) is 0 Å². The summed E-state index contributed by atoms with van der Waals surface area (Å²) in [7, 11) is 1.36. The second-order valence-electron chi connectivity index (χ2n) is 7.77. The number of aromatic nitrogens is 2. The lowest BCUT2D eigenvalue weighted by Gasteiger charge is -2.18. The van der Waals surface area contributed by atoms with Crippen LogP contribution in [0.5, 0.6) is 5.75 Å². The lowest BCUT2D eigenvalue weighted by molar-refractivity contribution is -0.137. The van der Waals surface area contributed by atoms with Gasteiger partial charge in [-0.05, 0) is 42.8 Å². The number of carbonyl (C=O) groups excluding carboxylic acids is 2. The fraction of sp³-hybridized carbons (Fsp3) is 0.333. The third-order valence-electron chi connectivity index (χ3n) is 5.00. The predicted molar refractivity (Wildman–Crippen MR) is 122 cm³/mol. The van der Waals surface area contributed by atoms with Crippen molar-refractivity contribution < 1.29 is 32.0 Å². The lowest BCUT2D eigenvalue weighted by atomic mass is 10.1. The molecular weight excluding hydrogens is 465 g/mol. The summed E-state index contributed by atoms with van der Waals surface area (Å²) >= 11 is 0. The number of carbonyl (C=O) groups is 2. The van der Waals surface area contributed by atoms with Crippen LogP contribution in [0.2, 0.25) is 0 Å². The number of nitrogens with zero attached hydrogens (tertiary/aromatic N) is 3. The Labute approximate surface area is 200 Å². The largest absolute Gasteiger partial charge is 0.484 e. The fourth-order valence-electron chi connectivity index (χ4n) is 3.09. The quantitative estimate of drug-likeness (QED) is 0.447. The Morgan fingerprint density at radius 2 is 1.83 bits per heavy atom. The van der Waals surface area contributed by atoms with Crippen molar-refractivity contribution in [2.45, 2.75) is 32.4 Å². The van der Waals surface area contributed by atoms with Crippen LogP contribution in [0.25, 0.3) is 11.4 Å². The molecule has 0 aliphatic rings. The van der Waals surface area contributed by atoms with Crippen LogP contribution in [-0.4, -0.2) is 47.1 Å². The first-order chi connectivity index (χ1) is 16.7. The Bertz CT molecular complexity index is 1150. The van der Waals surface area contributed by atoms with Crippen molar-refractivity contribution in [1.29, 1.82) is 0 Å². The van der Waals surface area contributed by atoms with E-state index in [0.29, 0.717) is 23.9 Å². The minimum Gasteiger partial charge on any atom is -0.484 e. The van der Waals surface area contributed by atoms with Gasteiger partial charge in [0.25, 0.3) is 5.91 Å². The van der Waals surface area contributed by atoms with E-state index in [2.05, 4.69) is 22.4 Å². The van der Waals surface area contributed by atoms with Gasteiger partial charge in [0.1, 0.15) is 5.75 Å². The van der Waals surface area contributed by atoms with Crippen molar-refractivity contribution in [2.24, 2.45) is 0 Å². The van der Waals surface area contributed by atoms with Crippen LogP contribution in [0.1, 0.15) is 31.2 Å².